The van der Waals surface area contributed by atoms with Crippen molar-refractivity contribution in [3.63, 3.8) is 0 Å². The van der Waals surface area contributed by atoms with Crippen LogP contribution in [0.5, 0.6) is 0 Å². The largest absolute Gasteiger partial charge is 0.524 e. The van der Waals surface area contributed by atoms with Crippen molar-refractivity contribution in [3.8, 4) is 0 Å². The van der Waals surface area contributed by atoms with Crippen molar-refractivity contribution in [2.24, 2.45) is 0 Å². The van der Waals surface area contributed by atoms with Crippen molar-refractivity contribution >= 4 is 7.82 Å². The first-order valence-corrected chi connectivity index (χ1v) is 5.61. The molecule has 0 atom stereocenters. The van der Waals surface area contributed by atoms with Crippen molar-refractivity contribution in [1.29, 1.82) is 0 Å². The molecule has 0 saturated carbocycles. The lowest BCUT2D eigenvalue weighted by Crippen LogP contribution is -2.33. The number of phosphoric ester groups is 1. The Labute approximate surface area is 77.5 Å². The van der Waals surface area contributed by atoms with Crippen molar-refractivity contribution in [2.75, 3.05) is 20.6 Å². The van der Waals surface area contributed by atoms with Gasteiger partial charge in [-0.1, -0.05) is 0 Å². The molecule has 1 aliphatic heterocycles. The summed E-state index contributed by atoms with van der Waals surface area (Å²) in [6.45, 7) is 0.982. The zero-order valence-corrected chi connectivity index (χ0v) is 8.70. The summed E-state index contributed by atoms with van der Waals surface area (Å²) in [4.78, 5) is 17.0. The van der Waals surface area contributed by atoms with Gasteiger partial charge in [0, 0.05) is 12.8 Å². The van der Waals surface area contributed by atoms with Gasteiger partial charge >= 0.3 is 7.82 Å². The van der Waals surface area contributed by atoms with Crippen molar-refractivity contribution in [3.05, 3.63) is 12.0 Å². The Hall–Kier alpha value is -0.350. The summed E-state index contributed by atoms with van der Waals surface area (Å²) in [6.07, 6.45) is 3.07. The van der Waals surface area contributed by atoms with Gasteiger partial charge in [-0.15, -0.1) is 0 Å². The van der Waals surface area contributed by atoms with E-state index in [1.807, 2.05) is 14.1 Å². The Morgan fingerprint density at radius 2 is 2.15 bits per heavy atom. The lowest BCUT2D eigenvalue weighted by molar-refractivity contribution is -0.843. The lowest BCUT2D eigenvalue weighted by Gasteiger charge is -2.23. The summed E-state index contributed by atoms with van der Waals surface area (Å²) in [5.41, 5.74) is 0.920. The first-order chi connectivity index (χ1) is 5.81. The van der Waals surface area contributed by atoms with Crippen LogP contribution in [0.1, 0.15) is 12.8 Å². The number of quaternary nitrogens is 1. The molecule has 0 aromatic heterocycles. The molecular weight excluding hydrogens is 193 g/mol. The molecule has 6 heteroatoms. The Morgan fingerprint density at radius 3 is 2.54 bits per heavy atom. The molecule has 0 aliphatic carbocycles. The van der Waals surface area contributed by atoms with E-state index in [2.05, 4.69) is 4.52 Å². The molecule has 0 bridgehead atoms. The summed E-state index contributed by atoms with van der Waals surface area (Å²) in [5.74, 6) is 0. The molecule has 0 aromatic rings. The van der Waals surface area contributed by atoms with Crippen LogP contribution in [0.4, 0.5) is 0 Å². The number of likely N-dealkylation sites (tertiary alicyclic amines) is 1. The summed E-state index contributed by atoms with van der Waals surface area (Å²) >= 11 is 0. The van der Waals surface area contributed by atoms with E-state index in [4.69, 9.17) is 9.79 Å². The Kier molecular flexibility index (Phi) is 2.82. The quantitative estimate of drug-likeness (QED) is 0.400. The van der Waals surface area contributed by atoms with Gasteiger partial charge in [-0.2, -0.15) is 0 Å². The van der Waals surface area contributed by atoms with Crippen LogP contribution in [-0.2, 0) is 9.09 Å². The van der Waals surface area contributed by atoms with E-state index in [1.54, 1.807) is 0 Å². The molecule has 0 spiro atoms. The van der Waals surface area contributed by atoms with Gasteiger partial charge in [0.05, 0.1) is 20.6 Å². The van der Waals surface area contributed by atoms with E-state index in [9.17, 15) is 4.57 Å². The van der Waals surface area contributed by atoms with Gasteiger partial charge in [0.15, 0.2) is 6.26 Å². The minimum absolute atomic E-state index is 0.653. The van der Waals surface area contributed by atoms with Crippen molar-refractivity contribution in [1.82, 2.24) is 0 Å². The second-order valence-corrected chi connectivity index (χ2v) is 4.91. The van der Waals surface area contributed by atoms with E-state index < -0.39 is 7.82 Å². The highest BCUT2D eigenvalue weighted by molar-refractivity contribution is 7.46. The van der Waals surface area contributed by atoms with E-state index >= 15 is 0 Å². The average molecular weight is 208 g/mol. The van der Waals surface area contributed by atoms with Gasteiger partial charge < -0.3 is 4.52 Å². The molecule has 1 saturated heterocycles. The van der Waals surface area contributed by atoms with Gasteiger partial charge in [-0.25, -0.2) is 4.57 Å². The number of rotatable bonds is 2. The first-order valence-electron chi connectivity index (χ1n) is 4.08. The molecule has 0 aromatic carbocycles. The maximum Gasteiger partial charge on any atom is 0.524 e. The molecule has 5 nitrogen and oxygen atoms in total. The topological polar surface area (TPSA) is 66.8 Å². The molecule has 2 N–H and O–H groups in total. The highest BCUT2D eigenvalue weighted by Crippen LogP contribution is 2.38. The summed E-state index contributed by atoms with van der Waals surface area (Å²) in [7, 11) is -0.385. The Bertz CT molecular complexity index is 268. The van der Waals surface area contributed by atoms with E-state index in [0.717, 1.165) is 25.1 Å². The minimum atomic E-state index is -4.36. The van der Waals surface area contributed by atoms with Crippen LogP contribution in [-0.4, -0.2) is 34.9 Å². The van der Waals surface area contributed by atoms with Crippen molar-refractivity contribution in [2.45, 2.75) is 12.8 Å². The summed E-state index contributed by atoms with van der Waals surface area (Å²) in [6, 6.07) is 0. The van der Waals surface area contributed by atoms with Crippen LogP contribution in [0.3, 0.4) is 0 Å². The zero-order chi connectivity index (χ0) is 10.1. The molecule has 76 valence electrons. The third-order valence-electron chi connectivity index (χ3n) is 2.25. The van der Waals surface area contributed by atoms with Crippen LogP contribution < -0.4 is 0 Å². The number of hydrogen-bond donors (Lipinski definition) is 2. The summed E-state index contributed by atoms with van der Waals surface area (Å²) < 4.78 is 15.4. The highest BCUT2D eigenvalue weighted by Gasteiger charge is 2.30. The fourth-order valence-electron chi connectivity index (χ4n) is 1.43. The van der Waals surface area contributed by atoms with Gasteiger partial charge in [-0.05, 0) is 0 Å². The standard InChI is InChI=1S/C7H14NO4P/c1-8(2)5-3-4-7(8)6-12-13(9,10)11/h6H,3-5H2,1-2H3,(H-,9,10,11)/p+1. The molecule has 0 amide bonds. The van der Waals surface area contributed by atoms with Gasteiger partial charge in [0.25, 0.3) is 0 Å². The number of nitrogens with zero attached hydrogens (tertiary/aromatic N) is 1. The van der Waals surface area contributed by atoms with Crippen LogP contribution in [0, 0.1) is 0 Å². The molecule has 1 fully saturated rings. The third kappa shape index (κ3) is 3.12. The molecule has 1 heterocycles. The fourth-order valence-corrected chi connectivity index (χ4v) is 1.69. The molecule has 1 rings (SSSR count). The Morgan fingerprint density at radius 1 is 1.54 bits per heavy atom. The highest BCUT2D eigenvalue weighted by atomic mass is 31.2. The minimum Gasteiger partial charge on any atom is -0.406 e. The normalized spacial score (nSPS) is 25.1. The summed E-state index contributed by atoms with van der Waals surface area (Å²) in [5, 5.41) is 0. The van der Waals surface area contributed by atoms with Crippen molar-refractivity contribution < 1.29 is 23.4 Å². The van der Waals surface area contributed by atoms with Gasteiger partial charge in [-0.3, -0.25) is 14.3 Å². The van der Waals surface area contributed by atoms with Crippen LogP contribution >= 0.6 is 7.82 Å². The molecule has 13 heavy (non-hydrogen) atoms. The first kappa shape index (κ1) is 10.7. The number of phosphoric acid groups is 1. The maximum atomic E-state index is 10.4. The molecule has 0 radical (unpaired) electrons. The predicted octanol–water partition coefficient (Wildman–Crippen LogP) is 0.807. The van der Waals surface area contributed by atoms with E-state index in [0.29, 0.717) is 4.48 Å². The second kappa shape index (κ2) is 3.42. The zero-order valence-electron chi connectivity index (χ0n) is 7.80. The number of hydrogen-bond acceptors (Lipinski definition) is 2. The monoisotopic (exact) mass is 208 g/mol. The Balaban J connectivity index is 2.67. The van der Waals surface area contributed by atoms with Crippen LogP contribution in [0.25, 0.3) is 0 Å². The molecule has 0 unspecified atom stereocenters. The van der Waals surface area contributed by atoms with Gasteiger partial charge in [0.1, 0.15) is 5.70 Å². The number of allylic oxidation sites excluding steroid dienone is 1. The maximum absolute atomic E-state index is 10.4. The fraction of sp³-hybridized carbons (Fsp3) is 0.714. The molecular formula is C7H15NO4P+. The lowest BCUT2D eigenvalue weighted by atomic mass is 10.3. The van der Waals surface area contributed by atoms with Crippen LogP contribution in [0.15, 0.2) is 12.0 Å². The van der Waals surface area contributed by atoms with Crippen LogP contribution in [0.2, 0.25) is 0 Å². The predicted molar refractivity (Wildman–Crippen MR) is 47.4 cm³/mol. The molecule has 1 aliphatic rings. The second-order valence-electron chi connectivity index (χ2n) is 3.72. The van der Waals surface area contributed by atoms with E-state index in [-0.39, 0.29) is 0 Å². The average Bonchev–Trinajstić information content (AvgIpc) is 2.23. The SMILES string of the molecule is C[N+]1(C)CCCC1=COP(=O)(O)O. The smallest absolute Gasteiger partial charge is 0.406 e. The van der Waals surface area contributed by atoms with E-state index in [1.165, 1.54) is 6.26 Å². The third-order valence-corrected chi connectivity index (χ3v) is 2.63. The van der Waals surface area contributed by atoms with Gasteiger partial charge in [0.2, 0.25) is 0 Å².